The van der Waals surface area contributed by atoms with Crippen molar-refractivity contribution in [3.05, 3.63) is 90.0 Å². The zero-order valence-electron chi connectivity index (χ0n) is 13.7. The number of carbonyl (C=O) groups is 1. The van der Waals surface area contributed by atoms with Gasteiger partial charge < -0.3 is 10.1 Å². The topological polar surface area (TPSA) is 38.3 Å². The van der Waals surface area contributed by atoms with Gasteiger partial charge >= 0.3 is 5.97 Å². The van der Waals surface area contributed by atoms with Crippen LogP contribution in [0.5, 0.6) is 0 Å². The van der Waals surface area contributed by atoms with Crippen molar-refractivity contribution >= 4 is 28.9 Å². The average Bonchev–Trinajstić information content (AvgIpc) is 2.68. The zero-order valence-corrected chi connectivity index (χ0v) is 14.5. The Kier molecular flexibility index (Phi) is 5.21. The van der Waals surface area contributed by atoms with Gasteiger partial charge in [-0.05, 0) is 35.4 Å². The molecule has 0 saturated heterocycles. The van der Waals surface area contributed by atoms with Crippen LogP contribution in [-0.4, -0.2) is 18.1 Å². The molecule has 0 radical (unpaired) electrons. The Morgan fingerprint density at radius 1 is 0.840 bits per heavy atom. The van der Waals surface area contributed by atoms with E-state index in [4.69, 9.17) is 17.0 Å². The molecule has 25 heavy (non-hydrogen) atoms. The number of ether oxygens (including phenoxy) is 1. The number of hydrogen-bond acceptors (Lipinski definition) is 3. The zero-order chi connectivity index (χ0) is 17.6. The molecule has 0 aliphatic rings. The van der Waals surface area contributed by atoms with Crippen molar-refractivity contribution in [1.82, 2.24) is 0 Å². The number of methoxy groups -OCH3 is 1. The molecule has 3 nitrogen and oxygen atoms in total. The minimum absolute atomic E-state index is 0.378. The molecular weight excluding hydrogens is 330 g/mol. The molecule has 0 aliphatic carbocycles. The highest BCUT2D eigenvalue weighted by molar-refractivity contribution is 7.81. The van der Waals surface area contributed by atoms with E-state index in [1.54, 1.807) is 18.2 Å². The second-order valence-corrected chi connectivity index (χ2v) is 5.88. The van der Waals surface area contributed by atoms with Crippen LogP contribution in [0.25, 0.3) is 11.1 Å². The van der Waals surface area contributed by atoms with Crippen LogP contribution in [0.1, 0.15) is 15.9 Å². The number of anilines is 1. The predicted molar refractivity (Wildman–Crippen MR) is 105 cm³/mol. The fraction of sp³-hybridized carbons (Fsp3) is 0.0476. The van der Waals surface area contributed by atoms with Gasteiger partial charge in [0, 0.05) is 11.3 Å². The molecule has 0 spiro atoms. The number of hydrogen-bond donors (Lipinski definition) is 1. The van der Waals surface area contributed by atoms with Gasteiger partial charge in [0.15, 0.2) is 0 Å². The number of carbonyl (C=O) groups excluding carboxylic acids is 1. The lowest BCUT2D eigenvalue weighted by atomic mass is 10.1. The molecule has 0 bridgehead atoms. The van der Waals surface area contributed by atoms with Gasteiger partial charge in [0.05, 0.1) is 12.7 Å². The fourth-order valence-corrected chi connectivity index (χ4v) is 2.73. The van der Waals surface area contributed by atoms with Crippen LogP contribution in [0.4, 0.5) is 5.69 Å². The summed E-state index contributed by atoms with van der Waals surface area (Å²) in [6.07, 6.45) is 0. The standard InChI is InChI=1S/C21H17NO2S/c1-24-21(23)18-9-5-8-17(14-18)20(25)22-19-12-10-16(11-13-19)15-6-3-2-4-7-15/h2-14H,1H3,(H,22,25). The molecule has 3 aromatic rings. The van der Waals surface area contributed by atoms with E-state index in [2.05, 4.69) is 17.4 Å². The lowest BCUT2D eigenvalue weighted by molar-refractivity contribution is 0.0600. The number of rotatable bonds is 4. The maximum atomic E-state index is 11.6. The van der Waals surface area contributed by atoms with Gasteiger partial charge in [0.1, 0.15) is 4.99 Å². The molecule has 0 atom stereocenters. The second kappa shape index (κ2) is 7.73. The lowest BCUT2D eigenvalue weighted by Gasteiger charge is -2.10. The monoisotopic (exact) mass is 347 g/mol. The summed E-state index contributed by atoms with van der Waals surface area (Å²) in [5.74, 6) is -0.378. The second-order valence-electron chi connectivity index (χ2n) is 5.47. The van der Waals surface area contributed by atoms with E-state index in [0.717, 1.165) is 16.8 Å². The van der Waals surface area contributed by atoms with Crippen molar-refractivity contribution in [2.24, 2.45) is 0 Å². The Balaban J connectivity index is 1.74. The van der Waals surface area contributed by atoms with Crippen molar-refractivity contribution in [2.75, 3.05) is 12.4 Å². The highest BCUT2D eigenvalue weighted by Crippen LogP contribution is 2.21. The van der Waals surface area contributed by atoms with Gasteiger partial charge in [0.2, 0.25) is 0 Å². The van der Waals surface area contributed by atoms with Gasteiger partial charge in [-0.1, -0.05) is 66.8 Å². The Hall–Kier alpha value is -2.98. The van der Waals surface area contributed by atoms with Gasteiger partial charge in [-0.2, -0.15) is 0 Å². The molecule has 0 unspecified atom stereocenters. The van der Waals surface area contributed by atoms with E-state index in [-0.39, 0.29) is 5.97 Å². The largest absolute Gasteiger partial charge is 0.465 e. The Labute approximate surface area is 152 Å². The summed E-state index contributed by atoms with van der Waals surface area (Å²) in [5.41, 5.74) is 4.45. The number of nitrogens with one attached hydrogen (secondary N) is 1. The first-order chi connectivity index (χ1) is 12.2. The van der Waals surface area contributed by atoms with E-state index in [9.17, 15) is 4.79 Å². The molecule has 3 rings (SSSR count). The van der Waals surface area contributed by atoms with Crippen molar-refractivity contribution < 1.29 is 9.53 Å². The van der Waals surface area contributed by atoms with Crippen LogP contribution in [0.3, 0.4) is 0 Å². The molecule has 0 amide bonds. The smallest absolute Gasteiger partial charge is 0.337 e. The third-order valence-corrected chi connectivity index (χ3v) is 4.13. The molecule has 0 aliphatic heterocycles. The Morgan fingerprint density at radius 2 is 1.48 bits per heavy atom. The summed E-state index contributed by atoms with van der Waals surface area (Å²) in [4.78, 5) is 12.2. The van der Waals surface area contributed by atoms with Crippen LogP contribution in [-0.2, 0) is 4.74 Å². The summed E-state index contributed by atoms with van der Waals surface area (Å²) in [5, 5.41) is 3.20. The SMILES string of the molecule is COC(=O)c1cccc(C(=S)Nc2ccc(-c3ccccc3)cc2)c1. The first-order valence-electron chi connectivity index (χ1n) is 7.82. The fourth-order valence-electron chi connectivity index (χ4n) is 2.49. The summed E-state index contributed by atoms with van der Waals surface area (Å²) in [6.45, 7) is 0. The minimum Gasteiger partial charge on any atom is -0.465 e. The third-order valence-electron chi connectivity index (χ3n) is 3.80. The lowest BCUT2D eigenvalue weighted by Crippen LogP contribution is -2.11. The van der Waals surface area contributed by atoms with Crippen LogP contribution in [0, 0.1) is 0 Å². The molecule has 0 saturated carbocycles. The van der Waals surface area contributed by atoms with Crippen molar-refractivity contribution in [3.63, 3.8) is 0 Å². The number of esters is 1. The molecule has 4 heteroatoms. The van der Waals surface area contributed by atoms with Gasteiger partial charge in [0.25, 0.3) is 0 Å². The van der Waals surface area contributed by atoms with Crippen molar-refractivity contribution in [2.45, 2.75) is 0 Å². The Bertz CT molecular complexity index is 889. The molecule has 1 N–H and O–H groups in total. The summed E-state index contributed by atoms with van der Waals surface area (Å²) in [6, 6.07) is 25.3. The molecule has 3 aromatic carbocycles. The first kappa shape index (κ1) is 16.9. The van der Waals surface area contributed by atoms with Crippen molar-refractivity contribution in [1.29, 1.82) is 0 Å². The molecule has 0 aromatic heterocycles. The highest BCUT2D eigenvalue weighted by Gasteiger charge is 2.08. The summed E-state index contributed by atoms with van der Waals surface area (Å²) >= 11 is 5.45. The van der Waals surface area contributed by atoms with Crippen LogP contribution in [0.2, 0.25) is 0 Å². The number of benzene rings is 3. The summed E-state index contributed by atoms with van der Waals surface area (Å²) in [7, 11) is 1.36. The van der Waals surface area contributed by atoms with Crippen LogP contribution < -0.4 is 5.32 Å². The Morgan fingerprint density at radius 3 is 2.16 bits per heavy atom. The molecule has 0 fully saturated rings. The van der Waals surface area contributed by atoms with Gasteiger partial charge in [-0.15, -0.1) is 0 Å². The maximum Gasteiger partial charge on any atom is 0.337 e. The quantitative estimate of drug-likeness (QED) is 0.536. The minimum atomic E-state index is -0.378. The molecule has 0 heterocycles. The van der Waals surface area contributed by atoms with E-state index in [1.165, 1.54) is 12.7 Å². The molecule has 124 valence electrons. The predicted octanol–water partition coefficient (Wildman–Crippen LogP) is 4.93. The van der Waals surface area contributed by atoms with E-state index >= 15 is 0 Å². The van der Waals surface area contributed by atoms with Crippen molar-refractivity contribution in [3.8, 4) is 11.1 Å². The van der Waals surface area contributed by atoms with E-state index in [0.29, 0.717) is 10.6 Å². The average molecular weight is 347 g/mol. The normalized spacial score (nSPS) is 10.1. The van der Waals surface area contributed by atoms with Crippen LogP contribution in [0.15, 0.2) is 78.9 Å². The van der Waals surface area contributed by atoms with E-state index < -0.39 is 0 Å². The maximum absolute atomic E-state index is 11.6. The van der Waals surface area contributed by atoms with Gasteiger partial charge in [-0.25, -0.2) is 4.79 Å². The number of thiocarbonyl (C=S) groups is 1. The first-order valence-corrected chi connectivity index (χ1v) is 8.23. The molecular formula is C21H17NO2S. The van der Waals surface area contributed by atoms with E-state index in [1.807, 2.05) is 48.5 Å². The van der Waals surface area contributed by atoms with Crippen LogP contribution >= 0.6 is 12.2 Å². The third kappa shape index (κ3) is 4.11. The summed E-state index contributed by atoms with van der Waals surface area (Å²) < 4.78 is 4.74. The van der Waals surface area contributed by atoms with Gasteiger partial charge in [-0.3, -0.25) is 0 Å². The highest BCUT2D eigenvalue weighted by atomic mass is 32.1.